The SMILES string of the molecule is CC(=O)OC[C@H]1O[C@@H](n2nncc2[C@H]2O[C@H](C)[C@H](OCc3ccccc3)[C@H](OCc3ccccc3)[C@H]2OCc2ccccc2)[C@H](OC(C)=O)[C@@H](OC(C)=O)[C@H]1OC(C)=O. The number of ether oxygens (including phenoxy) is 9. The van der Waals surface area contributed by atoms with Crippen LogP contribution in [0.3, 0.4) is 0 Å². The first-order valence-corrected chi connectivity index (χ1v) is 19.3. The van der Waals surface area contributed by atoms with Gasteiger partial charge in [0.2, 0.25) is 0 Å². The second-order valence-electron chi connectivity index (χ2n) is 14.2. The van der Waals surface area contributed by atoms with Gasteiger partial charge < -0.3 is 42.6 Å². The van der Waals surface area contributed by atoms with E-state index in [1.807, 2.05) is 97.9 Å². The predicted molar refractivity (Wildman–Crippen MR) is 206 cm³/mol. The fourth-order valence-electron chi connectivity index (χ4n) is 7.21. The van der Waals surface area contributed by atoms with Crippen LogP contribution in [-0.4, -0.2) is 94.3 Å². The highest BCUT2D eigenvalue weighted by atomic mass is 16.7. The number of hydrogen-bond donors (Lipinski definition) is 0. The Labute approximate surface area is 341 Å². The van der Waals surface area contributed by atoms with Crippen LogP contribution in [0.15, 0.2) is 97.2 Å². The fourth-order valence-corrected chi connectivity index (χ4v) is 7.21. The molecule has 16 heteroatoms. The van der Waals surface area contributed by atoms with E-state index in [-0.39, 0.29) is 19.8 Å². The zero-order chi connectivity index (χ0) is 41.9. The zero-order valence-corrected chi connectivity index (χ0v) is 33.5. The lowest BCUT2D eigenvalue weighted by Crippen LogP contribution is -2.61. The van der Waals surface area contributed by atoms with Crippen molar-refractivity contribution in [2.75, 3.05) is 6.61 Å². The fraction of sp³-hybridized carbons (Fsp3) is 0.442. The van der Waals surface area contributed by atoms with Crippen molar-refractivity contribution in [3.8, 4) is 0 Å². The highest BCUT2D eigenvalue weighted by molar-refractivity contribution is 5.68. The maximum absolute atomic E-state index is 12.7. The Kier molecular flexibility index (Phi) is 14.9. The molecule has 0 bridgehead atoms. The van der Waals surface area contributed by atoms with Crippen molar-refractivity contribution < 1.29 is 61.8 Å². The van der Waals surface area contributed by atoms with Crippen molar-refractivity contribution in [1.29, 1.82) is 0 Å². The summed E-state index contributed by atoms with van der Waals surface area (Å²) < 4.78 is 57.1. The van der Waals surface area contributed by atoms with E-state index in [4.69, 9.17) is 42.6 Å². The Morgan fingerprint density at radius 1 is 0.576 bits per heavy atom. The lowest BCUT2D eigenvalue weighted by molar-refractivity contribution is -0.277. The van der Waals surface area contributed by atoms with Gasteiger partial charge >= 0.3 is 23.9 Å². The molecule has 4 aromatic rings. The Bertz CT molecular complexity index is 1980. The van der Waals surface area contributed by atoms with E-state index in [1.165, 1.54) is 24.7 Å². The minimum atomic E-state index is -1.45. The van der Waals surface area contributed by atoms with Crippen LogP contribution in [0.1, 0.15) is 69.3 Å². The van der Waals surface area contributed by atoms with Crippen LogP contribution in [0.5, 0.6) is 0 Å². The molecule has 0 amide bonds. The van der Waals surface area contributed by atoms with Gasteiger partial charge in [0.15, 0.2) is 24.5 Å². The standard InChI is InChI=1S/C43H49N3O13/c1-26-36(52-22-31-15-9-6-10-16-31)39(53-23-32-17-11-7-12-18-32)40(54-24-33-19-13-8-14-20-33)37(55-26)34-21-44-45-46(34)43-42(58-30(5)50)41(57-29(4)49)38(56-28(3)48)35(59-43)25-51-27(2)47/h6-21,26,35-43H,22-25H2,1-5H3/t26-,35-,36+,37-,38+,39+,40+,41+,42-,43-/m1/s1. The van der Waals surface area contributed by atoms with E-state index < -0.39 is 91.6 Å². The second kappa shape index (κ2) is 20.4. The molecule has 0 unspecified atom stereocenters. The summed E-state index contributed by atoms with van der Waals surface area (Å²) in [6, 6.07) is 29.1. The summed E-state index contributed by atoms with van der Waals surface area (Å²) in [5.41, 5.74) is 3.08. The Hall–Kier alpha value is -5.52. The lowest BCUT2D eigenvalue weighted by Gasteiger charge is -2.47. The van der Waals surface area contributed by atoms with Crippen LogP contribution in [0.2, 0.25) is 0 Å². The number of esters is 4. The first-order chi connectivity index (χ1) is 28.5. The minimum Gasteiger partial charge on any atom is -0.463 e. The maximum atomic E-state index is 12.7. The van der Waals surface area contributed by atoms with E-state index in [2.05, 4.69) is 10.3 Å². The summed E-state index contributed by atoms with van der Waals surface area (Å²) in [5, 5.41) is 8.62. The zero-order valence-electron chi connectivity index (χ0n) is 33.5. The quantitative estimate of drug-likeness (QED) is 0.112. The summed E-state index contributed by atoms with van der Waals surface area (Å²) in [5.74, 6) is -2.93. The maximum Gasteiger partial charge on any atom is 0.303 e. The molecule has 0 saturated carbocycles. The van der Waals surface area contributed by atoms with E-state index >= 15 is 0 Å². The lowest BCUT2D eigenvalue weighted by atomic mass is 9.92. The highest BCUT2D eigenvalue weighted by Crippen LogP contribution is 2.41. The summed E-state index contributed by atoms with van der Waals surface area (Å²) >= 11 is 0. The number of benzene rings is 3. The van der Waals surface area contributed by atoms with E-state index in [0.29, 0.717) is 5.69 Å². The topological polar surface area (TPSA) is 182 Å². The van der Waals surface area contributed by atoms with Crippen molar-refractivity contribution in [3.05, 3.63) is 120 Å². The number of hydrogen-bond acceptors (Lipinski definition) is 15. The van der Waals surface area contributed by atoms with Crippen LogP contribution in [0.25, 0.3) is 0 Å². The average Bonchev–Trinajstić information content (AvgIpc) is 3.70. The number of rotatable bonds is 16. The van der Waals surface area contributed by atoms with Crippen molar-refractivity contribution in [2.24, 2.45) is 0 Å². The van der Waals surface area contributed by atoms with E-state index in [1.54, 1.807) is 0 Å². The number of nitrogens with zero attached hydrogens (tertiary/aromatic N) is 3. The van der Waals surface area contributed by atoms with Crippen molar-refractivity contribution in [3.63, 3.8) is 0 Å². The molecular formula is C43H49N3O13. The first kappa shape index (κ1) is 43.1. The second-order valence-corrected chi connectivity index (χ2v) is 14.2. The monoisotopic (exact) mass is 815 g/mol. The van der Waals surface area contributed by atoms with Crippen LogP contribution in [0.4, 0.5) is 0 Å². The van der Waals surface area contributed by atoms with Gasteiger partial charge in [0.1, 0.15) is 37.1 Å². The Morgan fingerprint density at radius 2 is 1.05 bits per heavy atom. The molecule has 0 aliphatic carbocycles. The largest absolute Gasteiger partial charge is 0.463 e. The van der Waals surface area contributed by atoms with Crippen LogP contribution < -0.4 is 0 Å². The highest BCUT2D eigenvalue weighted by Gasteiger charge is 2.55. The number of carbonyl (C=O) groups is 4. The number of aromatic nitrogens is 3. The normalized spacial score (nSPS) is 26.7. The molecule has 16 nitrogen and oxygen atoms in total. The third-order valence-electron chi connectivity index (χ3n) is 9.73. The summed E-state index contributed by atoms with van der Waals surface area (Å²) in [6.07, 6.45) is -9.23. The molecular weight excluding hydrogens is 766 g/mol. The summed E-state index contributed by atoms with van der Waals surface area (Å²) in [4.78, 5) is 49.6. The molecule has 6 rings (SSSR count). The van der Waals surface area contributed by atoms with Gasteiger partial charge in [0, 0.05) is 27.7 Å². The molecule has 2 saturated heterocycles. The van der Waals surface area contributed by atoms with Crippen LogP contribution >= 0.6 is 0 Å². The van der Waals surface area contributed by atoms with Crippen molar-refractivity contribution in [1.82, 2.24) is 15.0 Å². The van der Waals surface area contributed by atoms with Gasteiger partial charge in [-0.15, -0.1) is 5.10 Å². The molecule has 0 radical (unpaired) electrons. The molecule has 3 heterocycles. The van der Waals surface area contributed by atoms with Gasteiger partial charge in [-0.3, -0.25) is 19.2 Å². The molecule has 2 fully saturated rings. The Balaban J connectivity index is 1.42. The molecule has 2 aliphatic heterocycles. The number of carbonyl (C=O) groups excluding carboxylic acids is 4. The van der Waals surface area contributed by atoms with Gasteiger partial charge in [-0.05, 0) is 23.6 Å². The van der Waals surface area contributed by atoms with Gasteiger partial charge in [0.05, 0.1) is 37.8 Å². The predicted octanol–water partition coefficient (Wildman–Crippen LogP) is 4.75. The molecule has 3 aromatic carbocycles. The summed E-state index contributed by atoms with van der Waals surface area (Å²) in [6.45, 7) is 6.78. The summed E-state index contributed by atoms with van der Waals surface area (Å²) in [7, 11) is 0. The molecule has 10 atom stereocenters. The van der Waals surface area contributed by atoms with Gasteiger partial charge in [-0.1, -0.05) is 96.2 Å². The van der Waals surface area contributed by atoms with E-state index in [0.717, 1.165) is 30.5 Å². The third-order valence-corrected chi connectivity index (χ3v) is 9.73. The molecule has 314 valence electrons. The van der Waals surface area contributed by atoms with E-state index in [9.17, 15) is 19.2 Å². The van der Waals surface area contributed by atoms with Gasteiger partial charge in [0.25, 0.3) is 0 Å². The Morgan fingerprint density at radius 3 is 1.56 bits per heavy atom. The van der Waals surface area contributed by atoms with Gasteiger partial charge in [-0.25, -0.2) is 4.68 Å². The average molecular weight is 816 g/mol. The molecule has 2 aliphatic rings. The smallest absolute Gasteiger partial charge is 0.303 e. The molecule has 59 heavy (non-hydrogen) atoms. The molecule has 1 aromatic heterocycles. The van der Waals surface area contributed by atoms with Crippen molar-refractivity contribution in [2.45, 2.75) is 116 Å². The minimum absolute atomic E-state index is 0.164. The first-order valence-electron chi connectivity index (χ1n) is 19.3. The van der Waals surface area contributed by atoms with Crippen molar-refractivity contribution >= 4 is 23.9 Å². The third kappa shape index (κ3) is 11.4. The van der Waals surface area contributed by atoms with Crippen LogP contribution in [-0.2, 0) is 81.6 Å². The van der Waals surface area contributed by atoms with Gasteiger partial charge in [-0.2, -0.15) is 0 Å². The van der Waals surface area contributed by atoms with Crippen LogP contribution in [0, 0.1) is 0 Å². The molecule has 0 N–H and O–H groups in total. The molecule has 0 spiro atoms.